The molecule has 0 bridgehead atoms. The van der Waals surface area contributed by atoms with Gasteiger partial charge in [-0.05, 0) is 25.7 Å². The van der Waals surface area contributed by atoms with Crippen LogP contribution in [0.3, 0.4) is 0 Å². The Labute approximate surface area is 84.7 Å². The Morgan fingerprint density at radius 3 is 2.08 bits per heavy atom. The Hall–Kier alpha value is 0.0969. The van der Waals surface area contributed by atoms with E-state index >= 15 is 0 Å². The van der Waals surface area contributed by atoms with Gasteiger partial charge in [-0.2, -0.15) is 0 Å². The van der Waals surface area contributed by atoms with E-state index in [4.69, 9.17) is 0 Å². The van der Waals surface area contributed by atoms with Crippen molar-refractivity contribution in [1.82, 2.24) is 14.9 Å². The molecule has 0 aliphatic heterocycles. The third kappa shape index (κ3) is 5.41. The summed E-state index contributed by atoms with van der Waals surface area (Å²) in [6.45, 7) is 11.0. The standard InChI is InChI=1S/C9H25N3Si/c1-7-10-8-11-13(12(5)6)9(2,3)4/h10-11,13H,7-8H2,1-6H3. The van der Waals surface area contributed by atoms with E-state index in [0.29, 0.717) is 5.04 Å². The molecule has 0 rings (SSSR count). The molecule has 80 valence electrons. The molecule has 13 heavy (non-hydrogen) atoms. The Bertz CT molecular complexity index is 131. The fourth-order valence-electron chi connectivity index (χ4n) is 1.56. The molecule has 3 nitrogen and oxygen atoms in total. The summed E-state index contributed by atoms with van der Waals surface area (Å²) in [6.07, 6.45) is 0. The summed E-state index contributed by atoms with van der Waals surface area (Å²) >= 11 is 0. The molecule has 0 radical (unpaired) electrons. The van der Waals surface area contributed by atoms with Crippen molar-refractivity contribution in [2.45, 2.75) is 32.7 Å². The Morgan fingerprint density at radius 2 is 1.77 bits per heavy atom. The molecule has 1 unspecified atom stereocenters. The summed E-state index contributed by atoms with van der Waals surface area (Å²) in [7, 11) is 3.33. The first kappa shape index (κ1) is 13.1. The summed E-state index contributed by atoms with van der Waals surface area (Å²) in [5, 5.41) is 3.70. The number of hydrogen-bond acceptors (Lipinski definition) is 3. The monoisotopic (exact) mass is 203 g/mol. The lowest BCUT2D eigenvalue weighted by Gasteiger charge is -2.34. The minimum atomic E-state index is -1.01. The van der Waals surface area contributed by atoms with E-state index in [-0.39, 0.29) is 0 Å². The van der Waals surface area contributed by atoms with E-state index in [9.17, 15) is 0 Å². The van der Waals surface area contributed by atoms with Crippen molar-refractivity contribution in [3.8, 4) is 0 Å². The predicted molar refractivity (Wildman–Crippen MR) is 62.2 cm³/mol. The normalized spacial score (nSPS) is 15.0. The topological polar surface area (TPSA) is 27.3 Å². The first-order valence-electron chi connectivity index (χ1n) is 5.00. The molecule has 0 amide bonds. The van der Waals surface area contributed by atoms with Gasteiger partial charge in [-0.25, -0.2) is 0 Å². The molecule has 0 saturated carbocycles. The van der Waals surface area contributed by atoms with Gasteiger partial charge in [0, 0.05) is 6.67 Å². The largest absolute Gasteiger partial charge is 0.319 e. The van der Waals surface area contributed by atoms with Crippen LogP contribution in [-0.2, 0) is 0 Å². The highest BCUT2D eigenvalue weighted by atomic mass is 28.3. The molecule has 0 saturated heterocycles. The zero-order chi connectivity index (χ0) is 10.5. The molecule has 0 aliphatic rings. The van der Waals surface area contributed by atoms with Gasteiger partial charge in [0.15, 0.2) is 9.12 Å². The first-order chi connectivity index (χ1) is 5.89. The molecule has 0 aromatic heterocycles. The minimum Gasteiger partial charge on any atom is -0.319 e. The second-order valence-electron chi connectivity index (χ2n) is 4.72. The van der Waals surface area contributed by atoms with Crippen LogP contribution >= 0.6 is 0 Å². The minimum absolute atomic E-state index is 0.402. The zero-order valence-corrected chi connectivity index (χ0v) is 11.1. The van der Waals surface area contributed by atoms with Crippen LogP contribution in [0.2, 0.25) is 5.04 Å². The highest BCUT2D eigenvalue weighted by Crippen LogP contribution is 2.25. The Balaban J connectivity index is 3.97. The lowest BCUT2D eigenvalue weighted by atomic mass is 10.3. The smallest absolute Gasteiger partial charge is 0.193 e. The van der Waals surface area contributed by atoms with Gasteiger partial charge in [-0.15, -0.1) is 0 Å². The maximum Gasteiger partial charge on any atom is 0.193 e. The van der Waals surface area contributed by atoms with Crippen LogP contribution in [0.15, 0.2) is 0 Å². The third-order valence-electron chi connectivity index (χ3n) is 2.01. The van der Waals surface area contributed by atoms with Gasteiger partial charge in [0.05, 0.1) is 0 Å². The highest BCUT2D eigenvalue weighted by molar-refractivity contribution is 6.56. The van der Waals surface area contributed by atoms with Gasteiger partial charge in [-0.1, -0.05) is 27.7 Å². The fourth-order valence-corrected chi connectivity index (χ4v) is 4.42. The van der Waals surface area contributed by atoms with Crippen molar-refractivity contribution >= 4 is 9.12 Å². The fraction of sp³-hybridized carbons (Fsp3) is 1.00. The van der Waals surface area contributed by atoms with Gasteiger partial charge >= 0.3 is 0 Å². The zero-order valence-electron chi connectivity index (χ0n) is 9.94. The lowest BCUT2D eigenvalue weighted by molar-refractivity contribution is 0.535. The van der Waals surface area contributed by atoms with E-state index in [1.807, 2.05) is 0 Å². The molecule has 2 N–H and O–H groups in total. The van der Waals surface area contributed by atoms with Crippen molar-refractivity contribution in [2.75, 3.05) is 27.3 Å². The molecule has 4 heteroatoms. The van der Waals surface area contributed by atoms with E-state index in [2.05, 4.69) is 56.7 Å². The first-order valence-corrected chi connectivity index (χ1v) is 6.67. The maximum absolute atomic E-state index is 3.61. The highest BCUT2D eigenvalue weighted by Gasteiger charge is 2.28. The molecule has 0 fully saturated rings. The molecule has 0 heterocycles. The molecule has 0 spiro atoms. The van der Waals surface area contributed by atoms with Crippen LogP contribution in [0.25, 0.3) is 0 Å². The van der Waals surface area contributed by atoms with Crippen molar-refractivity contribution in [3.63, 3.8) is 0 Å². The molecule has 1 atom stereocenters. The van der Waals surface area contributed by atoms with E-state index in [0.717, 1.165) is 13.2 Å². The molecule has 0 aromatic carbocycles. The van der Waals surface area contributed by atoms with Crippen LogP contribution in [0, 0.1) is 0 Å². The van der Waals surface area contributed by atoms with Crippen LogP contribution < -0.4 is 10.3 Å². The number of nitrogens with one attached hydrogen (secondary N) is 2. The predicted octanol–water partition coefficient (Wildman–Crippen LogP) is 0.725. The van der Waals surface area contributed by atoms with Crippen LogP contribution in [-0.4, -0.2) is 41.0 Å². The van der Waals surface area contributed by atoms with Crippen LogP contribution in [0.4, 0.5) is 0 Å². The number of hydrogen-bond donors (Lipinski definition) is 2. The van der Waals surface area contributed by atoms with Crippen molar-refractivity contribution < 1.29 is 0 Å². The van der Waals surface area contributed by atoms with Crippen LogP contribution in [0.5, 0.6) is 0 Å². The quantitative estimate of drug-likeness (QED) is 0.392. The summed E-state index contributed by atoms with van der Waals surface area (Å²) in [6, 6.07) is 0. The maximum atomic E-state index is 3.61. The van der Waals surface area contributed by atoms with Gasteiger partial charge < -0.3 is 14.9 Å². The summed E-state index contributed by atoms with van der Waals surface area (Å²) in [5.41, 5.74) is 0. The van der Waals surface area contributed by atoms with Crippen molar-refractivity contribution in [3.05, 3.63) is 0 Å². The van der Waals surface area contributed by atoms with Gasteiger partial charge in [0.25, 0.3) is 0 Å². The summed E-state index contributed by atoms with van der Waals surface area (Å²) in [5.74, 6) is 0. The molecule has 0 aromatic rings. The Kier molecular flexibility index (Phi) is 5.79. The lowest BCUT2D eigenvalue weighted by Crippen LogP contribution is -2.54. The number of nitrogens with zero attached hydrogens (tertiary/aromatic N) is 1. The van der Waals surface area contributed by atoms with E-state index < -0.39 is 9.12 Å². The summed E-state index contributed by atoms with van der Waals surface area (Å²) < 4.78 is 2.36. The summed E-state index contributed by atoms with van der Waals surface area (Å²) in [4.78, 5) is 3.61. The van der Waals surface area contributed by atoms with Gasteiger partial charge in [-0.3, -0.25) is 0 Å². The molecule has 0 aliphatic carbocycles. The van der Waals surface area contributed by atoms with Crippen LogP contribution in [0.1, 0.15) is 27.7 Å². The number of rotatable bonds is 5. The van der Waals surface area contributed by atoms with Gasteiger partial charge in [0.2, 0.25) is 0 Å². The average molecular weight is 203 g/mol. The molecular weight excluding hydrogens is 178 g/mol. The van der Waals surface area contributed by atoms with Crippen molar-refractivity contribution in [2.24, 2.45) is 0 Å². The Morgan fingerprint density at radius 1 is 1.23 bits per heavy atom. The van der Waals surface area contributed by atoms with E-state index in [1.54, 1.807) is 0 Å². The molecular formula is C9H25N3Si. The third-order valence-corrected chi connectivity index (χ3v) is 5.27. The second-order valence-corrected chi connectivity index (χ2v) is 8.69. The van der Waals surface area contributed by atoms with Crippen molar-refractivity contribution in [1.29, 1.82) is 0 Å². The van der Waals surface area contributed by atoms with E-state index in [1.165, 1.54) is 0 Å². The average Bonchev–Trinajstić information content (AvgIpc) is 1.94. The SMILES string of the molecule is CCNCN[SiH](N(C)C)C(C)(C)C. The second kappa shape index (κ2) is 5.75. The van der Waals surface area contributed by atoms with Gasteiger partial charge in [0.1, 0.15) is 0 Å².